The van der Waals surface area contributed by atoms with Crippen LogP contribution in [0.25, 0.3) is 0 Å². The van der Waals surface area contributed by atoms with Crippen molar-refractivity contribution < 1.29 is 9.66 Å². The molecule has 0 amide bonds. The van der Waals surface area contributed by atoms with Crippen molar-refractivity contribution in [2.24, 2.45) is 0 Å². The van der Waals surface area contributed by atoms with E-state index in [4.69, 9.17) is 4.74 Å². The zero-order valence-corrected chi connectivity index (χ0v) is 11.9. The number of hydrogen-bond donors (Lipinski definition) is 0. The number of alkyl halides is 1. The average Bonchev–Trinajstić information content (AvgIpc) is 2.20. The average molecular weight is 353 g/mol. The van der Waals surface area contributed by atoms with Gasteiger partial charge in [-0.15, -0.1) is 0 Å². The highest BCUT2D eigenvalue weighted by molar-refractivity contribution is 9.10. The van der Waals surface area contributed by atoms with Crippen LogP contribution in [-0.4, -0.2) is 16.9 Å². The van der Waals surface area contributed by atoms with Gasteiger partial charge < -0.3 is 4.74 Å². The number of halogens is 2. The van der Waals surface area contributed by atoms with Gasteiger partial charge in [0.05, 0.1) is 11.5 Å². The fourth-order valence-electron chi connectivity index (χ4n) is 1.26. The van der Waals surface area contributed by atoms with Crippen LogP contribution in [0.3, 0.4) is 0 Å². The monoisotopic (exact) mass is 351 g/mol. The number of rotatable bonds is 5. The van der Waals surface area contributed by atoms with Gasteiger partial charge in [-0.05, 0) is 25.0 Å². The number of benzene rings is 1. The Morgan fingerprint density at radius 3 is 2.75 bits per heavy atom. The third kappa shape index (κ3) is 3.45. The van der Waals surface area contributed by atoms with Crippen LogP contribution in [0.5, 0.6) is 5.75 Å². The van der Waals surface area contributed by atoms with Crippen LogP contribution >= 0.6 is 31.9 Å². The predicted octanol–water partition coefficient (Wildman–Crippen LogP) is 3.83. The van der Waals surface area contributed by atoms with Crippen LogP contribution in [0, 0.1) is 17.0 Å². The second kappa shape index (κ2) is 6.20. The molecule has 0 fully saturated rings. The molecular weight excluding hydrogens is 342 g/mol. The van der Waals surface area contributed by atoms with Gasteiger partial charge in [-0.1, -0.05) is 31.9 Å². The molecule has 0 unspecified atom stereocenters. The Hall–Kier alpha value is -0.620. The van der Waals surface area contributed by atoms with E-state index in [-0.39, 0.29) is 5.69 Å². The van der Waals surface area contributed by atoms with Crippen molar-refractivity contribution in [1.82, 2.24) is 0 Å². The normalized spacial score (nSPS) is 10.2. The summed E-state index contributed by atoms with van der Waals surface area (Å²) < 4.78 is 6.12. The summed E-state index contributed by atoms with van der Waals surface area (Å²) in [4.78, 5) is 10.4. The zero-order chi connectivity index (χ0) is 12.1. The summed E-state index contributed by atoms with van der Waals surface area (Å²) in [5.74, 6) is 0.356. The highest BCUT2D eigenvalue weighted by Gasteiger charge is 2.18. The molecule has 0 N–H and O–H groups in total. The van der Waals surface area contributed by atoms with E-state index in [1.54, 1.807) is 13.0 Å². The van der Waals surface area contributed by atoms with Crippen molar-refractivity contribution in [3.05, 3.63) is 32.3 Å². The second-order valence-electron chi connectivity index (χ2n) is 3.22. The maximum Gasteiger partial charge on any atom is 0.312 e. The van der Waals surface area contributed by atoms with Crippen LogP contribution in [0.15, 0.2) is 16.6 Å². The Labute approximate surface area is 110 Å². The number of nitro benzene ring substituents is 1. The fourth-order valence-corrected chi connectivity index (χ4v) is 2.05. The molecule has 4 nitrogen and oxygen atoms in total. The number of nitro groups is 1. The largest absolute Gasteiger partial charge is 0.487 e. The van der Waals surface area contributed by atoms with E-state index in [1.807, 2.05) is 0 Å². The predicted molar refractivity (Wildman–Crippen MR) is 69.4 cm³/mol. The minimum Gasteiger partial charge on any atom is -0.487 e. The van der Waals surface area contributed by atoms with Gasteiger partial charge in [-0.2, -0.15) is 0 Å². The molecule has 0 radical (unpaired) electrons. The molecule has 0 heterocycles. The zero-order valence-electron chi connectivity index (χ0n) is 8.70. The van der Waals surface area contributed by atoms with E-state index in [9.17, 15) is 10.1 Å². The summed E-state index contributed by atoms with van der Waals surface area (Å²) in [6.45, 7) is 2.26. The lowest BCUT2D eigenvalue weighted by molar-refractivity contribution is -0.386. The quantitative estimate of drug-likeness (QED) is 0.350. The van der Waals surface area contributed by atoms with Crippen LogP contribution in [0.4, 0.5) is 5.69 Å². The Morgan fingerprint density at radius 1 is 1.50 bits per heavy atom. The van der Waals surface area contributed by atoms with Crippen molar-refractivity contribution in [2.45, 2.75) is 13.3 Å². The number of ether oxygens (including phenoxy) is 1. The fraction of sp³-hybridized carbons (Fsp3) is 0.400. The lowest BCUT2D eigenvalue weighted by Crippen LogP contribution is -2.02. The molecule has 0 atom stereocenters. The standard InChI is InChI=1S/C10H11Br2NO3/c1-7-5-8(12)6-9(13(14)15)10(7)16-4-2-3-11/h5-6H,2-4H2,1H3. The second-order valence-corrected chi connectivity index (χ2v) is 4.93. The minimum absolute atomic E-state index is 0.00134. The van der Waals surface area contributed by atoms with Gasteiger partial charge in [0.2, 0.25) is 0 Å². The molecular formula is C10H11Br2NO3. The molecule has 0 aliphatic carbocycles. The van der Waals surface area contributed by atoms with E-state index in [1.165, 1.54) is 6.07 Å². The van der Waals surface area contributed by atoms with Gasteiger partial charge in [0, 0.05) is 15.9 Å². The molecule has 1 aromatic rings. The van der Waals surface area contributed by atoms with Gasteiger partial charge >= 0.3 is 5.69 Å². The summed E-state index contributed by atoms with van der Waals surface area (Å²) in [6, 6.07) is 3.26. The summed E-state index contributed by atoms with van der Waals surface area (Å²) in [6.07, 6.45) is 0.812. The summed E-state index contributed by atoms with van der Waals surface area (Å²) >= 11 is 6.51. The molecule has 0 aliphatic rings. The molecule has 16 heavy (non-hydrogen) atoms. The number of hydrogen-bond acceptors (Lipinski definition) is 3. The first-order chi connectivity index (χ1) is 7.56. The molecule has 0 saturated carbocycles. The van der Waals surface area contributed by atoms with Crippen molar-refractivity contribution >= 4 is 37.5 Å². The Kier molecular flexibility index (Phi) is 5.21. The van der Waals surface area contributed by atoms with E-state index < -0.39 is 4.92 Å². The van der Waals surface area contributed by atoms with E-state index in [0.29, 0.717) is 16.8 Å². The van der Waals surface area contributed by atoms with Gasteiger partial charge in [-0.3, -0.25) is 10.1 Å². The van der Waals surface area contributed by atoms with Crippen LogP contribution in [-0.2, 0) is 0 Å². The lowest BCUT2D eigenvalue weighted by atomic mass is 10.2. The summed E-state index contributed by atoms with van der Waals surface area (Å²) in [5.41, 5.74) is 0.761. The van der Waals surface area contributed by atoms with Crippen molar-refractivity contribution in [1.29, 1.82) is 0 Å². The first-order valence-electron chi connectivity index (χ1n) is 4.69. The number of nitrogens with zero attached hydrogens (tertiary/aromatic N) is 1. The summed E-state index contributed by atoms with van der Waals surface area (Å²) in [7, 11) is 0. The van der Waals surface area contributed by atoms with E-state index >= 15 is 0 Å². The molecule has 1 aromatic carbocycles. The minimum atomic E-state index is -0.429. The first-order valence-corrected chi connectivity index (χ1v) is 6.61. The third-order valence-corrected chi connectivity index (χ3v) is 2.96. The van der Waals surface area contributed by atoms with Crippen molar-refractivity contribution in [3.8, 4) is 5.75 Å². The first kappa shape index (κ1) is 13.4. The molecule has 0 aromatic heterocycles. The van der Waals surface area contributed by atoms with Crippen LogP contribution < -0.4 is 4.74 Å². The maximum atomic E-state index is 10.9. The van der Waals surface area contributed by atoms with E-state index in [0.717, 1.165) is 17.3 Å². The molecule has 1 rings (SSSR count). The van der Waals surface area contributed by atoms with Gasteiger partial charge in [0.25, 0.3) is 0 Å². The van der Waals surface area contributed by atoms with Crippen LogP contribution in [0.1, 0.15) is 12.0 Å². The molecule has 0 aliphatic heterocycles. The van der Waals surface area contributed by atoms with Gasteiger partial charge in [-0.25, -0.2) is 0 Å². The lowest BCUT2D eigenvalue weighted by Gasteiger charge is -2.09. The maximum absolute atomic E-state index is 10.9. The van der Waals surface area contributed by atoms with Crippen molar-refractivity contribution in [2.75, 3.05) is 11.9 Å². The molecule has 0 spiro atoms. The molecule has 0 bridgehead atoms. The molecule has 88 valence electrons. The third-order valence-electron chi connectivity index (χ3n) is 1.94. The Morgan fingerprint density at radius 2 is 2.19 bits per heavy atom. The van der Waals surface area contributed by atoms with Gasteiger partial charge in [0.15, 0.2) is 5.75 Å². The molecule has 0 saturated heterocycles. The highest BCUT2D eigenvalue weighted by atomic mass is 79.9. The Balaban J connectivity index is 2.99. The van der Waals surface area contributed by atoms with Gasteiger partial charge in [0.1, 0.15) is 0 Å². The highest BCUT2D eigenvalue weighted by Crippen LogP contribution is 2.34. The van der Waals surface area contributed by atoms with E-state index in [2.05, 4.69) is 31.9 Å². The summed E-state index contributed by atoms with van der Waals surface area (Å²) in [5, 5.41) is 11.7. The SMILES string of the molecule is Cc1cc(Br)cc([N+](=O)[O-])c1OCCCBr. The molecule has 6 heteroatoms. The smallest absolute Gasteiger partial charge is 0.312 e. The van der Waals surface area contributed by atoms with Crippen molar-refractivity contribution in [3.63, 3.8) is 0 Å². The van der Waals surface area contributed by atoms with Crippen LogP contribution in [0.2, 0.25) is 0 Å². The topological polar surface area (TPSA) is 52.4 Å². The Bertz CT molecular complexity index is 396. The number of aryl methyl sites for hydroxylation is 1.